The number of halogens is 1. The molecule has 33 heavy (non-hydrogen) atoms. The molecule has 0 bridgehead atoms. The molecule has 0 atom stereocenters. The van der Waals surface area contributed by atoms with Gasteiger partial charge in [0.2, 0.25) is 0 Å². The van der Waals surface area contributed by atoms with Crippen LogP contribution in [0.3, 0.4) is 0 Å². The summed E-state index contributed by atoms with van der Waals surface area (Å²) in [6, 6.07) is 16.7. The highest BCUT2D eigenvalue weighted by Crippen LogP contribution is 2.34. The molecule has 0 saturated carbocycles. The van der Waals surface area contributed by atoms with Crippen LogP contribution in [0.5, 0.6) is 11.5 Å². The van der Waals surface area contributed by atoms with Crippen LogP contribution in [0, 0.1) is 0 Å². The number of hydrogen-bond donors (Lipinski definition) is 1. The summed E-state index contributed by atoms with van der Waals surface area (Å²) >= 11 is 6.21. The minimum atomic E-state index is -4.09. The molecule has 1 N–H and O–H groups in total. The minimum Gasteiger partial charge on any atom is -0.486 e. The Morgan fingerprint density at radius 2 is 1.55 bits per heavy atom. The largest absolute Gasteiger partial charge is 0.486 e. The fourth-order valence-electron chi connectivity index (χ4n) is 3.35. The van der Waals surface area contributed by atoms with Crippen LogP contribution in [0.2, 0.25) is 5.02 Å². The van der Waals surface area contributed by atoms with Gasteiger partial charge in [0.05, 0.1) is 26.2 Å². The molecule has 1 heterocycles. The molecule has 3 aromatic carbocycles. The molecule has 1 aliphatic rings. The Labute approximate surface area is 197 Å². The summed E-state index contributed by atoms with van der Waals surface area (Å²) < 4.78 is 67.0. The number of hydrogen-bond acceptors (Lipinski definition) is 6. The predicted octanol–water partition coefficient (Wildman–Crippen LogP) is 4.13. The average molecular weight is 509 g/mol. The number of benzene rings is 3. The third-order valence-electron chi connectivity index (χ3n) is 4.93. The monoisotopic (exact) mass is 508 g/mol. The topological polar surface area (TPSA) is 102 Å². The van der Waals surface area contributed by atoms with Crippen molar-refractivity contribution in [2.24, 2.45) is 0 Å². The predicted molar refractivity (Wildman–Crippen MR) is 126 cm³/mol. The molecule has 0 amide bonds. The number of anilines is 2. The first-order valence-electron chi connectivity index (χ1n) is 10.0. The molecule has 4 rings (SSSR count). The molecular weight excluding hydrogens is 488 g/mol. The Morgan fingerprint density at radius 1 is 0.879 bits per heavy atom. The first-order valence-corrected chi connectivity index (χ1v) is 13.3. The summed E-state index contributed by atoms with van der Waals surface area (Å²) in [6.07, 6.45) is 0. The molecule has 0 spiro atoms. The van der Waals surface area contributed by atoms with Gasteiger partial charge in [-0.1, -0.05) is 29.8 Å². The van der Waals surface area contributed by atoms with Crippen molar-refractivity contribution in [1.29, 1.82) is 0 Å². The van der Waals surface area contributed by atoms with E-state index in [0.717, 1.165) is 0 Å². The summed E-state index contributed by atoms with van der Waals surface area (Å²) in [6.45, 7) is 2.59. The maximum Gasteiger partial charge on any atom is 0.264 e. The van der Waals surface area contributed by atoms with Crippen LogP contribution in [0.1, 0.15) is 6.92 Å². The zero-order valence-electron chi connectivity index (χ0n) is 17.6. The average Bonchev–Trinajstić information content (AvgIpc) is 2.81. The van der Waals surface area contributed by atoms with Crippen LogP contribution in [-0.2, 0) is 20.0 Å². The molecule has 3 aromatic rings. The van der Waals surface area contributed by atoms with Gasteiger partial charge in [0.1, 0.15) is 13.2 Å². The van der Waals surface area contributed by atoms with Crippen LogP contribution in [-0.4, -0.2) is 36.6 Å². The number of rotatable bonds is 7. The van der Waals surface area contributed by atoms with E-state index >= 15 is 0 Å². The molecule has 0 saturated heterocycles. The van der Waals surface area contributed by atoms with Gasteiger partial charge in [-0.05, 0) is 49.4 Å². The van der Waals surface area contributed by atoms with Crippen LogP contribution in [0.4, 0.5) is 11.4 Å². The van der Waals surface area contributed by atoms with E-state index in [4.69, 9.17) is 21.1 Å². The summed E-state index contributed by atoms with van der Waals surface area (Å²) in [5, 5.41) is 0.0535. The third kappa shape index (κ3) is 4.73. The van der Waals surface area contributed by atoms with E-state index in [2.05, 4.69) is 4.72 Å². The van der Waals surface area contributed by atoms with Gasteiger partial charge in [-0.25, -0.2) is 16.8 Å². The van der Waals surface area contributed by atoms with Gasteiger partial charge in [-0.2, -0.15) is 0 Å². The van der Waals surface area contributed by atoms with Crippen molar-refractivity contribution in [1.82, 2.24) is 0 Å². The van der Waals surface area contributed by atoms with Crippen LogP contribution in [0.15, 0.2) is 76.5 Å². The Morgan fingerprint density at radius 3 is 2.24 bits per heavy atom. The molecule has 0 fully saturated rings. The van der Waals surface area contributed by atoms with Crippen molar-refractivity contribution in [3.63, 3.8) is 0 Å². The third-order valence-corrected chi connectivity index (χ3v) is 8.52. The fourth-order valence-corrected chi connectivity index (χ4v) is 6.16. The van der Waals surface area contributed by atoms with E-state index in [1.807, 2.05) is 0 Å². The fraction of sp³-hybridized carbons (Fsp3) is 0.182. The van der Waals surface area contributed by atoms with E-state index in [0.29, 0.717) is 30.4 Å². The second-order valence-corrected chi connectivity index (χ2v) is 11.0. The number of ether oxygens (including phenoxy) is 2. The normalized spacial score (nSPS) is 13.4. The van der Waals surface area contributed by atoms with Crippen molar-refractivity contribution in [3.05, 3.63) is 71.8 Å². The highest BCUT2D eigenvalue weighted by molar-refractivity contribution is 7.93. The van der Waals surface area contributed by atoms with E-state index in [1.165, 1.54) is 40.7 Å². The Balaban J connectivity index is 1.67. The first kappa shape index (κ1) is 23.2. The van der Waals surface area contributed by atoms with Crippen molar-refractivity contribution in [3.8, 4) is 11.5 Å². The molecule has 8 nitrogen and oxygen atoms in total. The van der Waals surface area contributed by atoms with Gasteiger partial charge in [0.25, 0.3) is 20.0 Å². The number of nitrogens with one attached hydrogen (secondary N) is 1. The van der Waals surface area contributed by atoms with E-state index in [1.54, 1.807) is 37.3 Å². The summed E-state index contributed by atoms with van der Waals surface area (Å²) in [5.74, 6) is 0.764. The van der Waals surface area contributed by atoms with E-state index in [-0.39, 0.29) is 27.0 Å². The molecule has 1 aliphatic heterocycles. The molecule has 174 valence electrons. The highest BCUT2D eigenvalue weighted by atomic mass is 35.5. The van der Waals surface area contributed by atoms with Crippen LogP contribution < -0.4 is 18.5 Å². The summed E-state index contributed by atoms with van der Waals surface area (Å²) in [7, 11) is -8.06. The lowest BCUT2D eigenvalue weighted by Gasteiger charge is -2.23. The number of para-hydroxylation sites is 1. The maximum atomic E-state index is 13.3. The minimum absolute atomic E-state index is 0.0535. The van der Waals surface area contributed by atoms with Crippen molar-refractivity contribution >= 4 is 43.0 Å². The van der Waals surface area contributed by atoms with E-state index in [9.17, 15) is 16.8 Å². The SMILES string of the molecule is CCN(c1ccccc1)S(=O)(=O)c1ccc(Cl)c(NS(=O)(=O)c2ccc3c(c2)OCCO3)c1. The molecule has 0 unspecified atom stereocenters. The smallest absolute Gasteiger partial charge is 0.264 e. The lowest BCUT2D eigenvalue weighted by molar-refractivity contribution is 0.171. The summed E-state index contributed by atoms with van der Waals surface area (Å²) in [5.41, 5.74) is 0.435. The van der Waals surface area contributed by atoms with Crippen molar-refractivity contribution in [2.45, 2.75) is 16.7 Å². The zero-order valence-corrected chi connectivity index (χ0v) is 20.0. The lowest BCUT2D eigenvalue weighted by atomic mass is 10.3. The van der Waals surface area contributed by atoms with Crippen molar-refractivity contribution < 1.29 is 26.3 Å². The van der Waals surface area contributed by atoms with Crippen molar-refractivity contribution in [2.75, 3.05) is 28.8 Å². The zero-order chi connectivity index (χ0) is 23.6. The first-order chi connectivity index (χ1) is 15.7. The maximum absolute atomic E-state index is 13.3. The second kappa shape index (κ2) is 9.12. The second-order valence-electron chi connectivity index (χ2n) is 7.06. The van der Waals surface area contributed by atoms with Gasteiger partial charge in [0.15, 0.2) is 11.5 Å². The Bertz CT molecular complexity index is 1380. The Kier molecular flexibility index (Phi) is 6.42. The lowest BCUT2D eigenvalue weighted by Crippen LogP contribution is -2.30. The highest BCUT2D eigenvalue weighted by Gasteiger charge is 2.26. The van der Waals surface area contributed by atoms with Gasteiger partial charge >= 0.3 is 0 Å². The summed E-state index contributed by atoms with van der Waals surface area (Å²) in [4.78, 5) is -0.173. The van der Waals surface area contributed by atoms with E-state index < -0.39 is 20.0 Å². The molecule has 11 heteroatoms. The van der Waals surface area contributed by atoms with Gasteiger partial charge in [-0.3, -0.25) is 9.03 Å². The number of fused-ring (bicyclic) bond motifs is 1. The molecule has 0 radical (unpaired) electrons. The van der Waals surface area contributed by atoms with Crippen LogP contribution in [0.25, 0.3) is 0 Å². The Hall–Kier alpha value is -2.95. The molecular formula is C22H21ClN2O6S2. The quantitative estimate of drug-likeness (QED) is 0.515. The number of nitrogens with zero attached hydrogens (tertiary/aromatic N) is 1. The molecule has 0 aromatic heterocycles. The van der Waals surface area contributed by atoms with Gasteiger partial charge in [0, 0.05) is 12.6 Å². The standard InChI is InChI=1S/C22H21ClN2O6S2/c1-2-25(16-6-4-3-5-7-16)33(28,29)18-8-10-19(23)20(14-18)24-32(26,27)17-9-11-21-22(15-17)31-13-12-30-21/h3-11,14-15,24H,2,12-13H2,1H3. The number of sulfonamides is 2. The van der Waals surface area contributed by atoms with Gasteiger partial charge < -0.3 is 9.47 Å². The van der Waals surface area contributed by atoms with Crippen LogP contribution >= 0.6 is 11.6 Å². The molecule has 0 aliphatic carbocycles. The van der Waals surface area contributed by atoms with Gasteiger partial charge in [-0.15, -0.1) is 0 Å².